The number of rotatable bonds is 5. The van der Waals surface area contributed by atoms with E-state index in [9.17, 15) is 4.79 Å². The van der Waals surface area contributed by atoms with Gasteiger partial charge in [0.25, 0.3) is 5.91 Å². The minimum absolute atomic E-state index is 0.204. The zero-order valence-corrected chi connectivity index (χ0v) is 11.1. The summed E-state index contributed by atoms with van der Waals surface area (Å²) >= 11 is 3.25. The molecule has 0 spiro atoms. The summed E-state index contributed by atoms with van der Waals surface area (Å²) < 4.78 is 0. The summed E-state index contributed by atoms with van der Waals surface area (Å²) in [5.74, 6) is 6.68. The summed E-state index contributed by atoms with van der Waals surface area (Å²) in [4.78, 5) is 13.1. The van der Waals surface area contributed by atoms with Crippen LogP contribution in [0.3, 0.4) is 0 Å². The second-order valence-corrected chi connectivity index (χ2v) is 5.94. The maximum atomic E-state index is 11.3. The fourth-order valence-corrected chi connectivity index (χ4v) is 3.25. The van der Waals surface area contributed by atoms with E-state index in [4.69, 9.17) is 11.6 Å². The normalized spacial score (nSPS) is 12.5. The largest absolute Gasteiger partial charge is 0.327 e. The standard InChI is InChI=1S/C10H17N3OS2/c1-6(11)4-15-5-8-3-9(10(14)13-12)16-7(8)2/h3,6H,4-5,11-12H2,1-2H3,(H,13,14). The van der Waals surface area contributed by atoms with Crippen LogP contribution in [0, 0.1) is 6.92 Å². The molecule has 1 heterocycles. The lowest BCUT2D eigenvalue weighted by molar-refractivity contribution is 0.0957. The molecule has 1 aromatic rings. The van der Waals surface area contributed by atoms with Crippen LogP contribution in [-0.2, 0) is 5.75 Å². The molecule has 0 saturated carbocycles. The zero-order chi connectivity index (χ0) is 12.1. The molecule has 1 atom stereocenters. The highest BCUT2D eigenvalue weighted by Crippen LogP contribution is 2.25. The van der Waals surface area contributed by atoms with Gasteiger partial charge in [-0.25, -0.2) is 5.84 Å². The van der Waals surface area contributed by atoms with Gasteiger partial charge in [-0.1, -0.05) is 0 Å². The summed E-state index contributed by atoms with van der Waals surface area (Å²) in [6.07, 6.45) is 0. The Morgan fingerprint density at radius 3 is 2.94 bits per heavy atom. The van der Waals surface area contributed by atoms with Gasteiger partial charge in [-0.2, -0.15) is 11.8 Å². The van der Waals surface area contributed by atoms with Crippen LogP contribution in [0.1, 0.15) is 27.0 Å². The predicted molar refractivity (Wildman–Crippen MR) is 70.5 cm³/mol. The van der Waals surface area contributed by atoms with Crippen LogP contribution in [0.25, 0.3) is 0 Å². The second-order valence-electron chi connectivity index (χ2n) is 3.66. The monoisotopic (exact) mass is 259 g/mol. The third-order valence-corrected chi connectivity index (χ3v) is 4.38. The van der Waals surface area contributed by atoms with E-state index < -0.39 is 0 Å². The van der Waals surface area contributed by atoms with Gasteiger partial charge in [0.05, 0.1) is 4.88 Å². The molecule has 1 rings (SSSR count). The fourth-order valence-electron chi connectivity index (χ4n) is 1.20. The van der Waals surface area contributed by atoms with Crippen molar-refractivity contribution < 1.29 is 4.79 Å². The van der Waals surface area contributed by atoms with Gasteiger partial charge in [0, 0.05) is 22.4 Å². The summed E-state index contributed by atoms with van der Waals surface area (Å²) in [6, 6.07) is 2.10. The fraction of sp³-hybridized carbons (Fsp3) is 0.500. The third-order valence-electron chi connectivity index (χ3n) is 2.01. The molecule has 0 aliphatic carbocycles. The Balaban J connectivity index is 2.60. The van der Waals surface area contributed by atoms with Gasteiger partial charge >= 0.3 is 0 Å². The zero-order valence-electron chi connectivity index (χ0n) is 9.45. The topological polar surface area (TPSA) is 81.1 Å². The summed E-state index contributed by atoms with van der Waals surface area (Å²) in [6.45, 7) is 4.00. The third kappa shape index (κ3) is 3.79. The summed E-state index contributed by atoms with van der Waals surface area (Å²) in [7, 11) is 0. The highest BCUT2D eigenvalue weighted by Gasteiger charge is 2.11. The van der Waals surface area contributed by atoms with Crippen LogP contribution >= 0.6 is 23.1 Å². The molecule has 1 aromatic heterocycles. The molecule has 0 aliphatic heterocycles. The molecular formula is C10H17N3OS2. The summed E-state index contributed by atoms with van der Waals surface area (Å²) in [5, 5.41) is 0. The van der Waals surface area contributed by atoms with Crippen molar-refractivity contribution in [3.63, 3.8) is 0 Å². The highest BCUT2D eigenvalue weighted by molar-refractivity contribution is 7.98. The Morgan fingerprint density at radius 1 is 1.69 bits per heavy atom. The van der Waals surface area contributed by atoms with Gasteiger partial charge in [0.1, 0.15) is 0 Å². The van der Waals surface area contributed by atoms with Crippen molar-refractivity contribution in [1.82, 2.24) is 5.43 Å². The van der Waals surface area contributed by atoms with Crippen LogP contribution in [0.5, 0.6) is 0 Å². The van der Waals surface area contributed by atoms with E-state index in [0.29, 0.717) is 4.88 Å². The number of thiophene rings is 1. The molecule has 0 aliphatic rings. The maximum absolute atomic E-state index is 11.3. The average molecular weight is 259 g/mol. The number of hydrogen-bond acceptors (Lipinski definition) is 5. The van der Waals surface area contributed by atoms with Gasteiger partial charge < -0.3 is 5.73 Å². The molecule has 4 nitrogen and oxygen atoms in total. The number of carbonyl (C=O) groups is 1. The Labute approximate surface area is 104 Å². The van der Waals surface area contributed by atoms with E-state index in [-0.39, 0.29) is 11.9 Å². The van der Waals surface area contributed by atoms with Crippen molar-refractivity contribution >= 4 is 29.0 Å². The SMILES string of the molecule is Cc1sc(C(=O)NN)cc1CSCC(C)N. The minimum atomic E-state index is -0.225. The minimum Gasteiger partial charge on any atom is -0.327 e. The lowest BCUT2D eigenvalue weighted by Gasteiger charge is -2.03. The van der Waals surface area contributed by atoms with Gasteiger partial charge in [-0.15, -0.1) is 11.3 Å². The van der Waals surface area contributed by atoms with Crippen LogP contribution < -0.4 is 17.0 Å². The van der Waals surface area contributed by atoms with E-state index in [2.05, 4.69) is 5.43 Å². The second kappa shape index (κ2) is 6.24. The first-order chi connectivity index (χ1) is 7.54. The van der Waals surface area contributed by atoms with Crippen LogP contribution in [0.4, 0.5) is 0 Å². The van der Waals surface area contributed by atoms with Gasteiger partial charge in [0.2, 0.25) is 0 Å². The van der Waals surface area contributed by atoms with Crippen LogP contribution in [-0.4, -0.2) is 17.7 Å². The van der Waals surface area contributed by atoms with E-state index in [0.717, 1.165) is 16.4 Å². The van der Waals surface area contributed by atoms with Crippen molar-refractivity contribution in [2.24, 2.45) is 11.6 Å². The first kappa shape index (κ1) is 13.5. The predicted octanol–water partition coefficient (Wildman–Crippen LogP) is 1.24. The number of nitrogens with one attached hydrogen (secondary N) is 1. The highest BCUT2D eigenvalue weighted by atomic mass is 32.2. The molecule has 1 amide bonds. The van der Waals surface area contributed by atoms with Crippen molar-refractivity contribution in [2.75, 3.05) is 5.75 Å². The number of aryl methyl sites for hydroxylation is 1. The van der Waals surface area contributed by atoms with E-state index in [1.54, 1.807) is 11.8 Å². The molecule has 0 aromatic carbocycles. The van der Waals surface area contributed by atoms with Gasteiger partial charge in [0.15, 0.2) is 0 Å². The lowest BCUT2D eigenvalue weighted by atomic mass is 10.3. The molecule has 0 bridgehead atoms. The first-order valence-corrected chi connectivity index (χ1v) is 6.95. The Morgan fingerprint density at radius 2 is 2.38 bits per heavy atom. The molecule has 0 radical (unpaired) electrons. The van der Waals surface area contributed by atoms with Crippen molar-refractivity contribution in [1.29, 1.82) is 0 Å². The quantitative estimate of drug-likeness (QED) is 0.422. The van der Waals surface area contributed by atoms with Crippen LogP contribution in [0.15, 0.2) is 6.07 Å². The molecular weight excluding hydrogens is 242 g/mol. The number of hydrazine groups is 1. The summed E-state index contributed by atoms with van der Waals surface area (Å²) in [5.41, 5.74) is 9.00. The van der Waals surface area contributed by atoms with E-state index >= 15 is 0 Å². The molecule has 1 unspecified atom stereocenters. The number of thioether (sulfide) groups is 1. The molecule has 0 fully saturated rings. The Bertz CT molecular complexity index is 363. The van der Waals surface area contributed by atoms with Crippen LogP contribution in [0.2, 0.25) is 0 Å². The Hall–Kier alpha value is -0.560. The number of carbonyl (C=O) groups excluding carboxylic acids is 1. The van der Waals surface area contributed by atoms with Crippen molar-refractivity contribution in [3.8, 4) is 0 Å². The molecule has 0 saturated heterocycles. The van der Waals surface area contributed by atoms with Crippen molar-refractivity contribution in [2.45, 2.75) is 25.6 Å². The first-order valence-electron chi connectivity index (χ1n) is 4.98. The number of amides is 1. The number of nitrogens with two attached hydrogens (primary N) is 2. The Kier molecular flexibility index (Phi) is 5.27. The lowest BCUT2D eigenvalue weighted by Crippen LogP contribution is -2.29. The number of nitrogen functional groups attached to an aromatic ring is 1. The van der Waals surface area contributed by atoms with Gasteiger partial charge in [-0.3, -0.25) is 10.2 Å². The molecule has 90 valence electrons. The molecule has 16 heavy (non-hydrogen) atoms. The number of hydrogen-bond donors (Lipinski definition) is 3. The smallest absolute Gasteiger partial charge is 0.275 e. The van der Waals surface area contributed by atoms with Crippen molar-refractivity contribution in [3.05, 3.63) is 21.4 Å². The molecule has 5 N–H and O–H groups in total. The average Bonchev–Trinajstić information content (AvgIpc) is 2.59. The van der Waals surface area contributed by atoms with E-state index in [1.807, 2.05) is 19.9 Å². The van der Waals surface area contributed by atoms with Gasteiger partial charge in [-0.05, 0) is 25.5 Å². The maximum Gasteiger partial charge on any atom is 0.275 e. The van der Waals surface area contributed by atoms with E-state index in [1.165, 1.54) is 16.9 Å². The molecule has 6 heteroatoms.